The van der Waals surface area contributed by atoms with Crippen LogP contribution in [0.5, 0.6) is 0 Å². The van der Waals surface area contributed by atoms with E-state index in [-0.39, 0.29) is 4.90 Å². The molecule has 0 heterocycles. The summed E-state index contributed by atoms with van der Waals surface area (Å²) in [5.41, 5.74) is 6.84. The highest BCUT2D eigenvalue weighted by atomic mass is 32.2. The first kappa shape index (κ1) is 14.7. The summed E-state index contributed by atoms with van der Waals surface area (Å²) in [5, 5.41) is 0. The molecule has 0 spiro atoms. The van der Waals surface area contributed by atoms with Gasteiger partial charge in [0, 0.05) is 19.3 Å². The third-order valence-corrected chi connectivity index (χ3v) is 4.90. The molecule has 1 aromatic carbocycles. The molecule has 1 aromatic rings. The quantitative estimate of drug-likeness (QED) is 0.488. The van der Waals surface area contributed by atoms with Crippen LogP contribution in [0, 0.1) is 6.92 Å². The molecule has 0 fully saturated rings. The van der Waals surface area contributed by atoms with E-state index in [1.165, 1.54) is 4.31 Å². The zero-order valence-corrected chi connectivity index (χ0v) is 11.7. The average molecular weight is 268 g/mol. The van der Waals surface area contributed by atoms with Crippen molar-refractivity contribution in [1.29, 1.82) is 0 Å². The summed E-state index contributed by atoms with van der Waals surface area (Å²) >= 11 is 0. The van der Waals surface area contributed by atoms with E-state index in [2.05, 4.69) is 6.58 Å². The van der Waals surface area contributed by atoms with Gasteiger partial charge in [0.2, 0.25) is 10.0 Å². The Hall–Kier alpha value is -1.33. The fraction of sp³-hybridized carbons (Fsp3) is 0.385. The second-order valence-electron chi connectivity index (χ2n) is 4.23. The van der Waals surface area contributed by atoms with Crippen molar-refractivity contribution >= 4 is 15.7 Å². The van der Waals surface area contributed by atoms with Crippen LogP contribution in [0.3, 0.4) is 0 Å². The van der Waals surface area contributed by atoms with E-state index < -0.39 is 10.0 Å². The molecule has 1 rings (SSSR count). The predicted molar refractivity (Wildman–Crippen MR) is 74.8 cm³/mol. The molecule has 100 valence electrons. The zero-order chi connectivity index (χ0) is 13.8. The van der Waals surface area contributed by atoms with Crippen molar-refractivity contribution in [2.45, 2.75) is 24.7 Å². The van der Waals surface area contributed by atoms with Crippen LogP contribution in [0.4, 0.5) is 5.69 Å². The number of benzene rings is 1. The van der Waals surface area contributed by atoms with E-state index in [1.807, 2.05) is 0 Å². The zero-order valence-electron chi connectivity index (χ0n) is 10.9. The Morgan fingerprint density at radius 3 is 2.72 bits per heavy atom. The Kier molecular flexibility index (Phi) is 4.93. The highest BCUT2D eigenvalue weighted by molar-refractivity contribution is 7.89. The van der Waals surface area contributed by atoms with Crippen LogP contribution in [0.15, 0.2) is 35.7 Å². The average Bonchev–Trinajstić information content (AvgIpc) is 2.32. The summed E-state index contributed by atoms with van der Waals surface area (Å²) in [7, 11) is -1.87. The number of nitrogens with two attached hydrogens (primary N) is 1. The first-order chi connectivity index (χ1) is 8.41. The molecule has 0 unspecified atom stereocenters. The molecule has 2 N–H and O–H groups in total. The van der Waals surface area contributed by atoms with Gasteiger partial charge in [0.15, 0.2) is 0 Å². The number of rotatable bonds is 6. The number of anilines is 1. The SMILES string of the molecule is C=CCCCN(C)S(=O)(=O)c1cccc(N)c1C. The van der Waals surface area contributed by atoms with E-state index in [0.29, 0.717) is 17.8 Å². The molecule has 0 saturated heterocycles. The van der Waals surface area contributed by atoms with Gasteiger partial charge in [-0.3, -0.25) is 0 Å². The van der Waals surface area contributed by atoms with Gasteiger partial charge in [-0.25, -0.2) is 12.7 Å². The van der Waals surface area contributed by atoms with Crippen LogP contribution in [0.25, 0.3) is 0 Å². The smallest absolute Gasteiger partial charge is 0.243 e. The number of nitrogen functional groups attached to an aromatic ring is 1. The van der Waals surface area contributed by atoms with Gasteiger partial charge in [0.1, 0.15) is 0 Å². The largest absolute Gasteiger partial charge is 0.398 e. The van der Waals surface area contributed by atoms with Crippen LogP contribution in [0.2, 0.25) is 0 Å². The van der Waals surface area contributed by atoms with Crippen LogP contribution >= 0.6 is 0 Å². The normalized spacial score (nSPS) is 11.7. The van der Waals surface area contributed by atoms with Gasteiger partial charge in [-0.05, 0) is 37.5 Å². The van der Waals surface area contributed by atoms with Gasteiger partial charge in [0.05, 0.1) is 4.90 Å². The standard InChI is InChI=1S/C13H20N2O2S/c1-4-5-6-10-15(3)18(16,17)13-9-7-8-12(14)11(13)2/h4,7-9H,1,5-6,10,14H2,2-3H3. The maximum absolute atomic E-state index is 12.3. The summed E-state index contributed by atoms with van der Waals surface area (Å²) in [6.45, 7) is 5.82. The topological polar surface area (TPSA) is 63.4 Å². The number of unbranched alkanes of at least 4 members (excludes halogenated alkanes) is 1. The van der Waals surface area contributed by atoms with Crippen LogP contribution in [0.1, 0.15) is 18.4 Å². The molecule has 0 aromatic heterocycles. The van der Waals surface area contributed by atoms with Gasteiger partial charge in [-0.2, -0.15) is 0 Å². The van der Waals surface area contributed by atoms with Crippen molar-refractivity contribution in [1.82, 2.24) is 4.31 Å². The summed E-state index contributed by atoms with van der Waals surface area (Å²) < 4.78 is 26.0. The van der Waals surface area contributed by atoms with Crippen molar-refractivity contribution in [3.63, 3.8) is 0 Å². The first-order valence-corrected chi connectivity index (χ1v) is 7.27. The molecule has 18 heavy (non-hydrogen) atoms. The predicted octanol–water partition coefficient (Wildman–Crippen LogP) is 2.16. The maximum Gasteiger partial charge on any atom is 0.243 e. The molecule has 4 nitrogen and oxygen atoms in total. The van der Waals surface area contributed by atoms with Gasteiger partial charge in [0.25, 0.3) is 0 Å². The van der Waals surface area contributed by atoms with E-state index in [1.54, 1.807) is 38.2 Å². The van der Waals surface area contributed by atoms with E-state index in [4.69, 9.17) is 5.73 Å². The summed E-state index contributed by atoms with van der Waals surface area (Å²) in [6.07, 6.45) is 3.35. The Bertz CT molecular complexity index is 524. The van der Waals surface area contributed by atoms with Crippen molar-refractivity contribution in [3.05, 3.63) is 36.4 Å². The lowest BCUT2D eigenvalue weighted by Crippen LogP contribution is -2.28. The number of hydrogen-bond donors (Lipinski definition) is 1. The third-order valence-electron chi connectivity index (χ3n) is 2.90. The second-order valence-corrected chi connectivity index (χ2v) is 6.24. The minimum atomic E-state index is -3.45. The van der Waals surface area contributed by atoms with Gasteiger partial charge in [-0.15, -0.1) is 6.58 Å². The monoisotopic (exact) mass is 268 g/mol. The molecule has 0 aliphatic rings. The van der Waals surface area contributed by atoms with Gasteiger partial charge >= 0.3 is 0 Å². The Morgan fingerprint density at radius 1 is 1.44 bits per heavy atom. The molecule has 0 amide bonds. The van der Waals surface area contributed by atoms with Crippen molar-refractivity contribution in [2.24, 2.45) is 0 Å². The Morgan fingerprint density at radius 2 is 2.11 bits per heavy atom. The molecule has 0 atom stereocenters. The van der Waals surface area contributed by atoms with Crippen LogP contribution in [-0.4, -0.2) is 26.3 Å². The number of allylic oxidation sites excluding steroid dienone is 1. The van der Waals surface area contributed by atoms with E-state index >= 15 is 0 Å². The van der Waals surface area contributed by atoms with Crippen LogP contribution in [-0.2, 0) is 10.0 Å². The molecule has 5 heteroatoms. The second kappa shape index (κ2) is 6.02. The lowest BCUT2D eigenvalue weighted by Gasteiger charge is -2.18. The van der Waals surface area contributed by atoms with Crippen molar-refractivity contribution in [2.75, 3.05) is 19.3 Å². The number of sulfonamides is 1. The Labute approximate surface area is 109 Å². The number of nitrogens with zero attached hydrogens (tertiary/aromatic N) is 1. The third kappa shape index (κ3) is 3.11. The summed E-state index contributed by atoms with van der Waals surface area (Å²) in [4.78, 5) is 0.281. The van der Waals surface area contributed by atoms with Crippen molar-refractivity contribution in [3.8, 4) is 0 Å². The highest BCUT2D eigenvalue weighted by Gasteiger charge is 2.22. The molecule has 0 aliphatic carbocycles. The van der Waals surface area contributed by atoms with Crippen LogP contribution < -0.4 is 5.73 Å². The number of hydrogen-bond acceptors (Lipinski definition) is 3. The lowest BCUT2D eigenvalue weighted by molar-refractivity contribution is 0.462. The summed E-state index contributed by atoms with van der Waals surface area (Å²) in [6, 6.07) is 4.95. The Balaban J connectivity index is 2.98. The highest BCUT2D eigenvalue weighted by Crippen LogP contribution is 2.23. The minimum Gasteiger partial charge on any atom is -0.398 e. The van der Waals surface area contributed by atoms with E-state index in [9.17, 15) is 8.42 Å². The molecular formula is C13H20N2O2S. The molecule has 0 bridgehead atoms. The van der Waals surface area contributed by atoms with Gasteiger partial charge < -0.3 is 5.73 Å². The molecule has 0 aliphatic heterocycles. The molecule has 0 saturated carbocycles. The van der Waals surface area contributed by atoms with Crippen molar-refractivity contribution < 1.29 is 8.42 Å². The first-order valence-electron chi connectivity index (χ1n) is 5.83. The lowest BCUT2D eigenvalue weighted by atomic mass is 10.2. The van der Waals surface area contributed by atoms with E-state index in [0.717, 1.165) is 12.8 Å². The minimum absolute atomic E-state index is 0.281. The molecule has 0 radical (unpaired) electrons. The fourth-order valence-corrected chi connectivity index (χ4v) is 3.12. The fourth-order valence-electron chi connectivity index (χ4n) is 1.66. The maximum atomic E-state index is 12.3. The summed E-state index contributed by atoms with van der Waals surface area (Å²) in [5.74, 6) is 0. The van der Waals surface area contributed by atoms with Gasteiger partial charge in [-0.1, -0.05) is 12.1 Å². The molecular weight excluding hydrogens is 248 g/mol.